The minimum atomic E-state index is -1.04. The average molecular weight is 748 g/mol. The van der Waals surface area contributed by atoms with Crippen LogP contribution in [0.3, 0.4) is 0 Å². The quantitative estimate of drug-likeness (QED) is 0.0910. The fourth-order valence-corrected chi connectivity index (χ4v) is 10.2. The lowest BCUT2D eigenvalue weighted by molar-refractivity contribution is -0.178. The molecule has 0 amide bonds. The highest BCUT2D eigenvalue weighted by molar-refractivity contribution is 7.79. The zero-order chi connectivity index (χ0) is 40.0. The molecular weight excluding hydrogens is 654 g/mol. The molecule has 7 atom stereocenters. The number of alkyl halides is 1. The Bertz CT molecular complexity index is 993. The Hall–Kier alpha value is -0.700. The molecule has 0 heterocycles. The standard InChI is InChI=1S/C38H64FN.2C4H10.C2H6.CH4S/c1-28(2)14-10-9-13-25-40-30(5)26-31-19-21-36(7)33(27-31)17-18-34-37(8)22-20-32(16-12-11-15-29(3)4)35(37,6)23-24-38(34,36)39;2*1-3-4-2;2*1-2/h17,29,31-32,34,40H,1,5,9-16,18-27H2,2-4,6-8H3;2*3-4H2,1-2H3;1-2H3;2H,1H3/t31?,32?,34?,35?,36?,37?,38-;;;;/m1..../s1. The maximum Gasteiger partial charge on any atom is 0.123 e. The van der Waals surface area contributed by atoms with Crippen molar-refractivity contribution in [1.29, 1.82) is 0 Å². The van der Waals surface area contributed by atoms with Crippen molar-refractivity contribution >= 4 is 12.6 Å². The van der Waals surface area contributed by atoms with Gasteiger partial charge in [-0.3, -0.25) is 0 Å². The predicted molar refractivity (Wildman–Crippen MR) is 239 cm³/mol. The van der Waals surface area contributed by atoms with Crippen LogP contribution in [0.1, 0.15) is 218 Å². The molecule has 3 saturated carbocycles. The number of thiol groups is 1. The van der Waals surface area contributed by atoms with Gasteiger partial charge in [-0.25, -0.2) is 4.39 Å². The van der Waals surface area contributed by atoms with E-state index in [0.29, 0.717) is 11.3 Å². The summed E-state index contributed by atoms with van der Waals surface area (Å²) in [4.78, 5) is 0. The maximum absolute atomic E-state index is 17.7. The lowest BCUT2D eigenvalue weighted by atomic mass is 9.41. The number of fused-ring (bicyclic) bond motifs is 5. The first-order chi connectivity index (χ1) is 24.7. The second-order valence-corrected chi connectivity index (χ2v) is 18.1. The van der Waals surface area contributed by atoms with Gasteiger partial charge in [-0.15, -0.1) is 6.58 Å². The first-order valence-electron chi connectivity index (χ1n) is 22.6. The Labute approximate surface area is 333 Å². The molecule has 0 aliphatic heterocycles. The zero-order valence-electron chi connectivity index (χ0n) is 37.7. The monoisotopic (exact) mass is 748 g/mol. The molecule has 0 bridgehead atoms. The lowest BCUT2D eigenvalue weighted by Gasteiger charge is -2.65. The topological polar surface area (TPSA) is 12.0 Å². The van der Waals surface area contributed by atoms with Gasteiger partial charge in [-0.1, -0.05) is 151 Å². The van der Waals surface area contributed by atoms with Gasteiger partial charge in [0, 0.05) is 23.6 Å². The fourth-order valence-electron chi connectivity index (χ4n) is 10.2. The molecule has 4 aliphatic carbocycles. The van der Waals surface area contributed by atoms with Gasteiger partial charge >= 0.3 is 0 Å². The van der Waals surface area contributed by atoms with E-state index in [2.05, 4.69) is 106 Å². The molecule has 52 heavy (non-hydrogen) atoms. The molecule has 3 heteroatoms. The molecule has 0 spiro atoms. The van der Waals surface area contributed by atoms with Crippen LogP contribution in [0, 0.1) is 39.9 Å². The smallest absolute Gasteiger partial charge is 0.123 e. The molecule has 4 aliphatic rings. The van der Waals surface area contributed by atoms with E-state index in [1.54, 1.807) is 6.26 Å². The van der Waals surface area contributed by atoms with Crippen LogP contribution >= 0.6 is 12.6 Å². The van der Waals surface area contributed by atoms with Crippen molar-refractivity contribution in [3.8, 4) is 0 Å². The Balaban J connectivity index is 0.00000191. The highest BCUT2D eigenvalue weighted by Gasteiger charge is 2.70. The molecule has 0 aromatic heterocycles. The SMILES string of the molecule is C=C(C)CCCCCNC(=C)CC1CCC2(C)C(=CCC3C4(C)CCC(CCCCC(C)C)C4(C)CC[C@@]32F)C1.CC.CCCC.CCCC.CS. The zero-order valence-corrected chi connectivity index (χ0v) is 38.6. The van der Waals surface area contributed by atoms with Crippen molar-refractivity contribution < 1.29 is 4.39 Å². The van der Waals surface area contributed by atoms with E-state index in [-0.39, 0.29) is 16.7 Å². The molecule has 4 rings (SSSR count). The summed E-state index contributed by atoms with van der Waals surface area (Å²) in [5.41, 5.74) is 3.04. The van der Waals surface area contributed by atoms with Gasteiger partial charge in [0.15, 0.2) is 0 Å². The summed E-state index contributed by atoms with van der Waals surface area (Å²) in [5, 5.41) is 3.60. The van der Waals surface area contributed by atoms with Crippen LogP contribution in [0.25, 0.3) is 0 Å². The summed E-state index contributed by atoms with van der Waals surface area (Å²) in [6, 6.07) is 0. The third-order valence-electron chi connectivity index (χ3n) is 14.1. The number of unbranched alkanes of at least 4 members (excludes halogenated alkanes) is 5. The van der Waals surface area contributed by atoms with Gasteiger partial charge < -0.3 is 5.32 Å². The van der Waals surface area contributed by atoms with Crippen LogP contribution in [0.4, 0.5) is 4.39 Å². The second-order valence-electron chi connectivity index (χ2n) is 18.1. The van der Waals surface area contributed by atoms with Gasteiger partial charge in [0.1, 0.15) is 5.67 Å². The summed E-state index contributed by atoms with van der Waals surface area (Å²) in [6.45, 7) is 36.3. The van der Waals surface area contributed by atoms with E-state index in [0.717, 1.165) is 69.7 Å². The van der Waals surface area contributed by atoms with Crippen LogP contribution in [0.15, 0.2) is 36.1 Å². The Morgan fingerprint density at radius 1 is 0.846 bits per heavy atom. The molecule has 6 unspecified atom stereocenters. The van der Waals surface area contributed by atoms with Crippen molar-refractivity contribution in [1.82, 2.24) is 5.32 Å². The van der Waals surface area contributed by atoms with Crippen molar-refractivity contribution in [2.24, 2.45) is 39.9 Å². The molecule has 0 saturated heterocycles. The third kappa shape index (κ3) is 13.8. The lowest BCUT2D eigenvalue weighted by Crippen LogP contribution is -2.63. The van der Waals surface area contributed by atoms with E-state index in [9.17, 15) is 0 Å². The minimum Gasteiger partial charge on any atom is -0.389 e. The van der Waals surface area contributed by atoms with E-state index in [1.165, 1.54) is 100 Å². The van der Waals surface area contributed by atoms with Gasteiger partial charge in [0.05, 0.1) is 0 Å². The first-order valence-corrected chi connectivity index (χ1v) is 23.5. The predicted octanol–water partition coefficient (Wildman–Crippen LogP) is 16.7. The van der Waals surface area contributed by atoms with Crippen molar-refractivity contribution in [3.63, 3.8) is 0 Å². The van der Waals surface area contributed by atoms with Crippen molar-refractivity contribution in [2.75, 3.05) is 12.8 Å². The Morgan fingerprint density at radius 3 is 2.02 bits per heavy atom. The van der Waals surface area contributed by atoms with E-state index in [4.69, 9.17) is 0 Å². The highest BCUT2D eigenvalue weighted by Crippen LogP contribution is 2.74. The number of halogens is 1. The highest BCUT2D eigenvalue weighted by atomic mass is 32.1. The number of rotatable bonds is 16. The molecule has 0 radical (unpaired) electrons. The molecule has 3 fully saturated rings. The molecule has 1 nitrogen and oxygen atoms in total. The van der Waals surface area contributed by atoms with Crippen LogP contribution in [-0.4, -0.2) is 18.5 Å². The number of allylic oxidation sites excluding steroid dienone is 4. The normalized spacial score (nSPS) is 31.2. The van der Waals surface area contributed by atoms with Crippen LogP contribution in [0.5, 0.6) is 0 Å². The summed E-state index contributed by atoms with van der Waals surface area (Å²) in [6.07, 6.45) is 29.4. The second kappa shape index (κ2) is 26.2. The average Bonchev–Trinajstić information content (AvgIpc) is 3.40. The Morgan fingerprint density at radius 2 is 1.46 bits per heavy atom. The van der Waals surface area contributed by atoms with Gasteiger partial charge in [-0.2, -0.15) is 12.6 Å². The van der Waals surface area contributed by atoms with E-state index >= 15 is 4.39 Å². The molecular formula is C49H94FNS. The number of hydrogen-bond acceptors (Lipinski definition) is 2. The molecule has 308 valence electrons. The summed E-state index contributed by atoms with van der Waals surface area (Å²) in [5.74, 6) is 2.38. The van der Waals surface area contributed by atoms with Gasteiger partial charge in [0.25, 0.3) is 0 Å². The molecule has 0 aromatic carbocycles. The number of nitrogens with one attached hydrogen (secondary N) is 1. The minimum absolute atomic E-state index is 0.132. The fraction of sp³-hybridized carbons (Fsp3) is 0.878. The van der Waals surface area contributed by atoms with Gasteiger partial charge in [-0.05, 0) is 125 Å². The van der Waals surface area contributed by atoms with Crippen molar-refractivity contribution in [3.05, 3.63) is 36.1 Å². The van der Waals surface area contributed by atoms with E-state index < -0.39 is 5.67 Å². The Kier molecular flexibility index (Phi) is 25.9. The molecule has 0 aromatic rings. The largest absolute Gasteiger partial charge is 0.389 e. The first kappa shape index (κ1) is 51.3. The van der Waals surface area contributed by atoms with E-state index in [1.807, 2.05) is 13.8 Å². The third-order valence-corrected chi connectivity index (χ3v) is 14.1. The van der Waals surface area contributed by atoms with Crippen LogP contribution in [-0.2, 0) is 0 Å². The number of hydrogen-bond donors (Lipinski definition) is 2. The van der Waals surface area contributed by atoms with Crippen LogP contribution in [0.2, 0.25) is 0 Å². The van der Waals surface area contributed by atoms with Gasteiger partial charge in [0.2, 0.25) is 0 Å². The maximum atomic E-state index is 17.7. The van der Waals surface area contributed by atoms with Crippen molar-refractivity contribution in [2.45, 2.75) is 224 Å². The summed E-state index contributed by atoms with van der Waals surface area (Å²) in [7, 11) is 0. The van der Waals surface area contributed by atoms with Crippen LogP contribution < -0.4 is 5.32 Å². The molecule has 1 N–H and O–H groups in total. The summed E-state index contributed by atoms with van der Waals surface area (Å²) < 4.78 is 17.7. The summed E-state index contributed by atoms with van der Waals surface area (Å²) >= 11 is 3.53.